The third-order valence-electron chi connectivity index (χ3n) is 4.35. The highest BCUT2D eigenvalue weighted by Crippen LogP contribution is 2.16. The van der Waals surface area contributed by atoms with Crippen LogP contribution in [-0.4, -0.2) is 29.4 Å². The SMILES string of the molecule is COc1ccc(COCc2cc(CN3CCCCC3=O)ccn2)cc1. The van der Waals surface area contributed by atoms with E-state index < -0.39 is 0 Å². The summed E-state index contributed by atoms with van der Waals surface area (Å²) in [6.07, 6.45) is 4.56. The lowest BCUT2D eigenvalue weighted by Crippen LogP contribution is -2.34. The Morgan fingerprint density at radius 2 is 1.92 bits per heavy atom. The molecule has 132 valence electrons. The molecule has 1 amide bonds. The second kappa shape index (κ2) is 8.62. The summed E-state index contributed by atoms with van der Waals surface area (Å²) in [7, 11) is 1.65. The predicted octanol–water partition coefficient (Wildman–Crippen LogP) is 3.32. The Morgan fingerprint density at radius 3 is 2.68 bits per heavy atom. The number of aromatic nitrogens is 1. The first kappa shape index (κ1) is 17.4. The number of nitrogens with zero attached hydrogens (tertiary/aromatic N) is 2. The van der Waals surface area contributed by atoms with Gasteiger partial charge in [0.2, 0.25) is 5.91 Å². The van der Waals surface area contributed by atoms with E-state index >= 15 is 0 Å². The van der Waals surface area contributed by atoms with Crippen LogP contribution in [0, 0.1) is 0 Å². The minimum absolute atomic E-state index is 0.250. The van der Waals surface area contributed by atoms with Crippen molar-refractivity contribution in [2.75, 3.05) is 13.7 Å². The van der Waals surface area contributed by atoms with E-state index in [1.165, 1.54) is 0 Å². The molecule has 1 fully saturated rings. The quantitative estimate of drug-likeness (QED) is 0.776. The monoisotopic (exact) mass is 340 g/mol. The zero-order valence-electron chi connectivity index (χ0n) is 14.6. The average molecular weight is 340 g/mol. The van der Waals surface area contributed by atoms with Crippen LogP contribution >= 0.6 is 0 Å². The number of benzene rings is 1. The van der Waals surface area contributed by atoms with Crippen molar-refractivity contribution in [1.82, 2.24) is 9.88 Å². The normalized spacial score (nSPS) is 14.6. The number of hydrogen-bond acceptors (Lipinski definition) is 4. The number of ether oxygens (including phenoxy) is 2. The van der Waals surface area contributed by atoms with Gasteiger partial charge in [0.25, 0.3) is 0 Å². The molecule has 5 nitrogen and oxygen atoms in total. The number of methoxy groups -OCH3 is 1. The Labute approximate surface area is 148 Å². The lowest BCUT2D eigenvalue weighted by molar-refractivity contribution is -0.133. The van der Waals surface area contributed by atoms with Crippen LogP contribution in [0.2, 0.25) is 0 Å². The summed E-state index contributed by atoms with van der Waals surface area (Å²) in [6.45, 7) is 2.49. The molecule has 0 atom stereocenters. The second-order valence-electron chi connectivity index (χ2n) is 6.27. The molecule has 2 heterocycles. The Kier molecular flexibility index (Phi) is 6.01. The first-order valence-electron chi connectivity index (χ1n) is 8.67. The van der Waals surface area contributed by atoms with Crippen LogP contribution in [0.3, 0.4) is 0 Å². The van der Waals surface area contributed by atoms with E-state index in [1.807, 2.05) is 41.3 Å². The fourth-order valence-electron chi connectivity index (χ4n) is 2.95. The number of carbonyl (C=O) groups excluding carboxylic acids is 1. The van der Waals surface area contributed by atoms with Crippen LogP contribution in [0.15, 0.2) is 42.6 Å². The molecule has 1 aromatic heterocycles. The molecule has 0 saturated carbocycles. The third kappa shape index (κ3) is 5.03. The molecule has 0 N–H and O–H groups in total. The highest BCUT2D eigenvalue weighted by atomic mass is 16.5. The fraction of sp³-hybridized carbons (Fsp3) is 0.400. The molecule has 3 rings (SSSR count). The van der Waals surface area contributed by atoms with Gasteiger partial charge in [-0.25, -0.2) is 0 Å². The van der Waals surface area contributed by atoms with Gasteiger partial charge in [-0.15, -0.1) is 0 Å². The number of hydrogen-bond donors (Lipinski definition) is 0. The highest BCUT2D eigenvalue weighted by Gasteiger charge is 2.18. The van der Waals surface area contributed by atoms with Crippen LogP contribution in [0.4, 0.5) is 0 Å². The van der Waals surface area contributed by atoms with Crippen molar-refractivity contribution < 1.29 is 14.3 Å². The molecule has 1 aromatic carbocycles. The Hall–Kier alpha value is -2.40. The summed E-state index contributed by atoms with van der Waals surface area (Å²) in [5.41, 5.74) is 3.08. The zero-order valence-corrected chi connectivity index (χ0v) is 14.6. The van der Waals surface area contributed by atoms with E-state index in [1.54, 1.807) is 13.3 Å². The van der Waals surface area contributed by atoms with E-state index in [-0.39, 0.29) is 5.91 Å². The van der Waals surface area contributed by atoms with Gasteiger partial charge in [0.05, 0.1) is 26.0 Å². The van der Waals surface area contributed by atoms with Crippen LogP contribution in [0.1, 0.15) is 36.1 Å². The summed E-state index contributed by atoms with van der Waals surface area (Å²) in [6, 6.07) is 11.8. The van der Waals surface area contributed by atoms with Gasteiger partial charge in [0, 0.05) is 25.7 Å². The van der Waals surface area contributed by atoms with Crippen molar-refractivity contribution in [2.24, 2.45) is 0 Å². The standard InChI is InChI=1S/C20H24N2O3/c1-24-19-7-5-16(6-8-19)14-25-15-18-12-17(9-10-21-18)13-22-11-3-2-4-20(22)23/h5-10,12H,2-4,11,13-15H2,1H3. The minimum Gasteiger partial charge on any atom is -0.497 e. The number of piperidine rings is 1. The van der Waals surface area contributed by atoms with Gasteiger partial charge in [-0.1, -0.05) is 12.1 Å². The van der Waals surface area contributed by atoms with E-state index in [0.717, 1.165) is 42.0 Å². The molecule has 5 heteroatoms. The van der Waals surface area contributed by atoms with Gasteiger partial charge >= 0.3 is 0 Å². The zero-order chi connectivity index (χ0) is 17.5. The lowest BCUT2D eigenvalue weighted by atomic mass is 10.1. The highest BCUT2D eigenvalue weighted by molar-refractivity contribution is 5.76. The topological polar surface area (TPSA) is 51.7 Å². The molecule has 25 heavy (non-hydrogen) atoms. The molecule has 1 aliphatic rings. The van der Waals surface area contributed by atoms with E-state index in [0.29, 0.717) is 26.2 Å². The Bertz CT molecular complexity index is 700. The van der Waals surface area contributed by atoms with E-state index in [9.17, 15) is 4.79 Å². The second-order valence-corrected chi connectivity index (χ2v) is 6.27. The number of likely N-dealkylation sites (tertiary alicyclic amines) is 1. The molecule has 0 aliphatic carbocycles. The maximum Gasteiger partial charge on any atom is 0.222 e. The number of amides is 1. The predicted molar refractivity (Wildman–Crippen MR) is 95.0 cm³/mol. The van der Waals surface area contributed by atoms with Gasteiger partial charge in [0.1, 0.15) is 5.75 Å². The minimum atomic E-state index is 0.250. The van der Waals surface area contributed by atoms with Gasteiger partial charge in [-0.2, -0.15) is 0 Å². The van der Waals surface area contributed by atoms with Crippen LogP contribution in [0.5, 0.6) is 5.75 Å². The van der Waals surface area contributed by atoms with Crippen molar-refractivity contribution in [3.63, 3.8) is 0 Å². The molecular weight excluding hydrogens is 316 g/mol. The summed E-state index contributed by atoms with van der Waals surface area (Å²) in [4.78, 5) is 18.2. The largest absolute Gasteiger partial charge is 0.497 e. The van der Waals surface area contributed by atoms with Gasteiger partial charge in [-0.3, -0.25) is 9.78 Å². The molecule has 0 radical (unpaired) electrons. The lowest BCUT2D eigenvalue weighted by Gasteiger charge is -2.26. The number of rotatable bonds is 7. The van der Waals surface area contributed by atoms with Crippen LogP contribution < -0.4 is 4.74 Å². The van der Waals surface area contributed by atoms with Crippen molar-refractivity contribution >= 4 is 5.91 Å². The molecular formula is C20H24N2O3. The van der Waals surface area contributed by atoms with Gasteiger partial charge in [0.15, 0.2) is 0 Å². The van der Waals surface area contributed by atoms with Gasteiger partial charge in [-0.05, 0) is 48.2 Å². The molecule has 0 bridgehead atoms. The smallest absolute Gasteiger partial charge is 0.222 e. The summed E-state index contributed by atoms with van der Waals surface area (Å²) in [5, 5.41) is 0. The van der Waals surface area contributed by atoms with Crippen molar-refractivity contribution in [1.29, 1.82) is 0 Å². The Morgan fingerprint density at radius 1 is 1.08 bits per heavy atom. The summed E-state index contributed by atoms with van der Waals surface area (Å²) < 4.78 is 10.9. The first-order valence-corrected chi connectivity index (χ1v) is 8.67. The first-order chi connectivity index (χ1) is 12.2. The molecule has 0 unspecified atom stereocenters. The van der Waals surface area contributed by atoms with Crippen LogP contribution in [0.25, 0.3) is 0 Å². The van der Waals surface area contributed by atoms with Gasteiger partial charge < -0.3 is 14.4 Å². The number of carbonyl (C=O) groups is 1. The van der Waals surface area contributed by atoms with Crippen LogP contribution in [-0.2, 0) is 29.3 Å². The maximum absolute atomic E-state index is 11.9. The Balaban J connectivity index is 1.51. The summed E-state index contributed by atoms with van der Waals surface area (Å²) in [5.74, 6) is 1.09. The van der Waals surface area contributed by atoms with Crippen molar-refractivity contribution in [3.05, 3.63) is 59.4 Å². The molecule has 1 saturated heterocycles. The average Bonchev–Trinajstić information content (AvgIpc) is 2.65. The van der Waals surface area contributed by atoms with Crippen molar-refractivity contribution in [3.8, 4) is 5.75 Å². The van der Waals surface area contributed by atoms with Crippen molar-refractivity contribution in [2.45, 2.75) is 39.0 Å². The fourth-order valence-corrected chi connectivity index (χ4v) is 2.95. The molecule has 1 aliphatic heterocycles. The molecule has 2 aromatic rings. The number of pyridine rings is 1. The molecule has 0 spiro atoms. The summed E-state index contributed by atoms with van der Waals surface area (Å²) >= 11 is 0. The van der Waals surface area contributed by atoms with E-state index in [4.69, 9.17) is 9.47 Å². The third-order valence-corrected chi connectivity index (χ3v) is 4.35. The maximum atomic E-state index is 11.9. The van der Waals surface area contributed by atoms with E-state index in [2.05, 4.69) is 4.98 Å².